The third-order valence-electron chi connectivity index (χ3n) is 18.9. The van der Waals surface area contributed by atoms with Gasteiger partial charge in [0.25, 0.3) is 11.1 Å². The second-order valence-corrected chi connectivity index (χ2v) is 31.5. The van der Waals surface area contributed by atoms with Crippen molar-refractivity contribution in [3.63, 3.8) is 0 Å². The quantitative estimate of drug-likeness (QED) is 0.00808. The van der Waals surface area contributed by atoms with Crippen molar-refractivity contribution in [3.05, 3.63) is 202 Å². The maximum absolute atomic E-state index is 13.6. The van der Waals surface area contributed by atoms with Crippen molar-refractivity contribution in [2.75, 3.05) is 215 Å². The van der Waals surface area contributed by atoms with Crippen LogP contribution in [0.2, 0.25) is 10.0 Å². The molecular formula is C86H112B2BrCl3F4N14O8S2. The van der Waals surface area contributed by atoms with Crippen molar-refractivity contribution >= 4 is 122 Å². The van der Waals surface area contributed by atoms with Crippen LogP contribution in [0.5, 0.6) is 23.0 Å². The standard InChI is InChI=1S/C27H30ClFN4O2S.C16H25BFN3O2.C15H24FN3O.C12H7Cl2NOS.C12H17FN2O.C4H9BBrNO/c1-2-35-25-19-21(29)8-11-24(25)33-17-15-32(16-18-33)14-4-13-30-26(34)23-5-3-12-31-27(23)36-22-9-6-20(28)7-10-22;1-2-23-16-12-14(18)4-5-15(16)21-10-8-20(9-11-21)7-3-6-19-13-17-22;1-2-20-15-12-13(16)4-5-14(15)19-10-8-18(9-11-19)7-3-6-17;13-8-3-5-9(6-4-8)17-12-10(11(14)16)2-1-7-15-12;1-2-16-12-9-10(13)3-4-11(12)15-7-5-14-6-8-15;6-2-1-3-7-4-5-8/h3,5-12,19H,2,4,13-18H2,1H3,(H,30,34);4-5,12,19H,2-3,6-11,13H2,1H3;4-5,12H,2-3,6-11,17H2,1H3;1-7H;3-4,9,14H,2,5-8H2,1H3;7H,1-4H2. The van der Waals surface area contributed by atoms with Gasteiger partial charge in [-0.05, 0) is 181 Å². The Hall–Kier alpha value is -7.62. The molecule has 8 aromatic rings. The van der Waals surface area contributed by atoms with Gasteiger partial charge in [-0.1, -0.05) is 46.7 Å². The van der Waals surface area contributed by atoms with E-state index in [4.69, 9.17) is 59.5 Å². The summed E-state index contributed by atoms with van der Waals surface area (Å²) in [5, 5.41) is 15.4. The average Bonchev–Trinajstić information content (AvgIpc) is 0.918. The fourth-order valence-corrected chi connectivity index (χ4v) is 15.5. The van der Waals surface area contributed by atoms with Crippen molar-refractivity contribution in [1.82, 2.24) is 45.9 Å². The molecule has 22 nitrogen and oxygen atoms in total. The summed E-state index contributed by atoms with van der Waals surface area (Å²) in [6.45, 7) is 30.9. The fraction of sp³-hybridized carbons (Fsp3) is 0.442. The van der Waals surface area contributed by atoms with Gasteiger partial charge in [-0.15, -0.1) is 0 Å². The van der Waals surface area contributed by atoms with Crippen LogP contribution in [0.1, 0.15) is 74.1 Å². The molecule has 6 aromatic carbocycles. The van der Waals surface area contributed by atoms with Gasteiger partial charge in [-0.3, -0.25) is 19.4 Å². The number of nitrogens with zero attached hydrogens (tertiary/aromatic N) is 9. The smallest absolute Gasteiger partial charge is 0.255 e. The third-order valence-corrected chi connectivity index (χ3v) is 22.2. The van der Waals surface area contributed by atoms with Crippen LogP contribution in [0.3, 0.4) is 0 Å². The Balaban J connectivity index is 0.000000208. The summed E-state index contributed by atoms with van der Waals surface area (Å²) < 4.78 is 95.6. The first kappa shape index (κ1) is 99.5. The minimum Gasteiger partial charge on any atom is -0.276 e. The molecule has 12 rings (SSSR count). The van der Waals surface area contributed by atoms with E-state index >= 15 is 0 Å². The molecule has 0 atom stereocenters. The van der Waals surface area contributed by atoms with E-state index in [0.29, 0.717) is 100 Å². The largest absolute Gasteiger partial charge is 0.276 e. The molecule has 4 saturated heterocycles. The second-order valence-electron chi connectivity index (χ2n) is 27.4. The molecule has 120 heavy (non-hydrogen) atoms. The molecule has 0 radical (unpaired) electrons. The normalized spacial score (nSPS) is 14.1. The zero-order valence-electron chi connectivity index (χ0n) is 68.9. The predicted molar refractivity (Wildman–Crippen MR) is 483 cm³/mol. The molecule has 4 aliphatic rings. The molecule has 6 heterocycles. The molecule has 0 unspecified atom stereocenters. The van der Waals surface area contributed by atoms with Crippen LogP contribution in [0, 0.1) is 23.3 Å². The first-order chi connectivity index (χ1) is 58.4. The first-order valence-corrected chi connectivity index (χ1v) is 44.7. The number of hydrogen-bond donors (Lipinski definition) is 5. The second kappa shape index (κ2) is 57.7. The monoisotopic (exact) mass is 1810 g/mol. The number of halogens is 8. The van der Waals surface area contributed by atoms with Crippen molar-refractivity contribution in [1.29, 1.82) is 0 Å². The number of piperazine rings is 4. The van der Waals surface area contributed by atoms with Crippen LogP contribution in [0.25, 0.3) is 0 Å². The molecule has 4 fully saturated rings. The molecule has 1 amide bonds. The van der Waals surface area contributed by atoms with Gasteiger partial charge in [-0.2, -0.15) is 0 Å². The molecule has 4 aliphatic heterocycles. The molecule has 0 spiro atoms. The van der Waals surface area contributed by atoms with Crippen molar-refractivity contribution < 1.29 is 55.5 Å². The zero-order chi connectivity index (χ0) is 86.1. The number of amides is 1. The topological polar surface area (TPSA) is 228 Å². The number of ether oxygens (including phenoxy) is 4. The Morgan fingerprint density at radius 3 is 1.17 bits per heavy atom. The van der Waals surface area contributed by atoms with Crippen LogP contribution in [0.15, 0.2) is 178 Å². The number of pyridine rings is 2. The molecule has 648 valence electrons. The van der Waals surface area contributed by atoms with E-state index in [-0.39, 0.29) is 29.2 Å². The summed E-state index contributed by atoms with van der Waals surface area (Å²) in [5.74, 6) is 1.33. The van der Waals surface area contributed by atoms with E-state index in [2.05, 4.69) is 81.5 Å². The van der Waals surface area contributed by atoms with Gasteiger partial charge in [0.15, 0.2) is 0 Å². The molecule has 6 N–H and O–H groups in total. The van der Waals surface area contributed by atoms with Crippen LogP contribution in [-0.4, -0.2) is 245 Å². The molecule has 34 heteroatoms. The molecular weight excluding hydrogens is 1710 g/mol. The fourth-order valence-electron chi connectivity index (χ4n) is 13.0. The maximum Gasteiger partial charge on any atom is 0.255 e. The summed E-state index contributed by atoms with van der Waals surface area (Å²) in [6, 6.07) is 40.7. The zero-order valence-corrected chi connectivity index (χ0v) is 74.4. The average molecular weight is 1820 g/mol. The number of anilines is 4. The number of rotatable bonds is 36. The Morgan fingerprint density at radius 2 is 0.817 bits per heavy atom. The summed E-state index contributed by atoms with van der Waals surface area (Å²) in [7, 11) is 1.76. The van der Waals surface area contributed by atoms with Crippen LogP contribution < -0.4 is 65.5 Å². The summed E-state index contributed by atoms with van der Waals surface area (Å²) in [4.78, 5) is 50.7. The van der Waals surface area contributed by atoms with Crippen LogP contribution >= 0.6 is 74.3 Å². The number of carbonyl (C=O) groups excluding carboxylic acids is 2. The number of alkyl halides is 1. The summed E-state index contributed by atoms with van der Waals surface area (Å²) >= 11 is 23.3. The molecule has 0 aliphatic carbocycles. The van der Waals surface area contributed by atoms with Crippen molar-refractivity contribution in [2.45, 2.75) is 73.2 Å². The Bertz CT molecular complexity index is 4310. The van der Waals surface area contributed by atoms with E-state index in [0.717, 1.165) is 222 Å². The van der Waals surface area contributed by atoms with Gasteiger partial charge in [0.1, 0.15) is 50.6 Å². The third kappa shape index (κ3) is 36.1. The van der Waals surface area contributed by atoms with E-state index in [1.807, 2.05) is 70.2 Å². The van der Waals surface area contributed by atoms with E-state index in [1.54, 1.807) is 67.0 Å². The number of aromatic nitrogens is 2. The minimum atomic E-state index is -0.505. The van der Waals surface area contributed by atoms with Gasteiger partial charge in [0, 0.05) is 136 Å². The van der Waals surface area contributed by atoms with E-state index < -0.39 is 5.24 Å². The molecule has 2 aromatic heterocycles. The summed E-state index contributed by atoms with van der Waals surface area (Å²) in [6.07, 6.45) is 8.24. The van der Waals surface area contributed by atoms with E-state index in [1.165, 1.54) is 72.1 Å². The van der Waals surface area contributed by atoms with Crippen LogP contribution in [0.4, 0.5) is 40.3 Å². The van der Waals surface area contributed by atoms with Crippen molar-refractivity contribution in [3.8, 4) is 23.0 Å². The van der Waals surface area contributed by atoms with Crippen molar-refractivity contribution in [2.24, 2.45) is 5.73 Å². The Kier molecular flexibility index (Phi) is 47.8. The first-order valence-electron chi connectivity index (χ1n) is 40.8. The number of hydrogen-bond acceptors (Lipinski definition) is 23. The predicted octanol–water partition coefficient (Wildman–Crippen LogP) is 14.7. The van der Waals surface area contributed by atoms with E-state index in [9.17, 15) is 36.6 Å². The van der Waals surface area contributed by atoms with Gasteiger partial charge in [0.2, 0.25) is 0 Å². The number of benzene rings is 6. The minimum absolute atomic E-state index is 0.121. The summed E-state index contributed by atoms with van der Waals surface area (Å²) in [5.41, 5.74) is 10.4. The molecule has 0 saturated carbocycles. The van der Waals surface area contributed by atoms with Gasteiger partial charge >= 0.3 is 171 Å². The van der Waals surface area contributed by atoms with Crippen LogP contribution in [-0.2, 0) is 9.41 Å². The Labute approximate surface area is 738 Å². The molecule has 0 bridgehead atoms. The maximum atomic E-state index is 13.6. The number of carbonyl (C=O) groups is 2. The number of nitrogens with two attached hydrogens (primary N) is 1. The number of nitrogens with one attached hydrogen (secondary N) is 4. The SMILES string of the molecule is CCOc1cc(F)ccc1N1CCN(CCCN)CC1.CCOc1cc(F)ccc1N1CCN(CCCNC(=O)c2cccnc2Sc2ccc(Cl)cc2)CC1.CCOc1cc(F)ccc1N1CCN(CCCNCB=O)CC1.CCOc1cc(F)ccc1N1CCNCC1.O=BCNCCCBr.O=C(Cl)c1cccnc1Sc1ccc(Cl)cc1. The van der Waals surface area contributed by atoms with Gasteiger partial charge in [0.05, 0.1) is 54.6 Å². The Morgan fingerprint density at radius 1 is 0.475 bits per heavy atom. The van der Waals surface area contributed by atoms with Gasteiger partial charge < -0.3 is 45.3 Å². The van der Waals surface area contributed by atoms with Gasteiger partial charge in [-0.25, -0.2) is 27.5 Å².